The van der Waals surface area contributed by atoms with E-state index in [1.807, 2.05) is 30.3 Å². The molecule has 2 heterocycles. The van der Waals surface area contributed by atoms with Crippen LogP contribution in [0.25, 0.3) is 33.4 Å². The fraction of sp³-hybridized carbons (Fsp3) is 0.111. The van der Waals surface area contributed by atoms with Gasteiger partial charge in [0, 0.05) is 39.2 Å². The zero-order valence-electron chi connectivity index (χ0n) is 17.8. The van der Waals surface area contributed by atoms with E-state index in [2.05, 4.69) is 92.1 Å². The van der Waals surface area contributed by atoms with Gasteiger partial charge in [0.25, 0.3) is 0 Å². The summed E-state index contributed by atoms with van der Waals surface area (Å²) in [6.07, 6.45) is 3.22. The van der Waals surface area contributed by atoms with Crippen molar-refractivity contribution < 1.29 is 0 Å². The lowest BCUT2D eigenvalue weighted by molar-refractivity contribution is 0.836. The molecule has 0 aliphatic carbocycles. The topological polar surface area (TPSA) is 56.7 Å². The molecule has 0 aliphatic rings. The number of para-hydroxylation sites is 1. The molecule has 0 aliphatic heterocycles. The molecule has 0 amide bonds. The van der Waals surface area contributed by atoms with Gasteiger partial charge in [0.15, 0.2) is 0 Å². The third-order valence-electron chi connectivity index (χ3n) is 5.73. The van der Waals surface area contributed by atoms with Crippen molar-refractivity contribution in [1.29, 1.82) is 0 Å². The third-order valence-corrected chi connectivity index (χ3v) is 6.26. The number of fused-ring (bicyclic) bond motifs is 1. The van der Waals surface area contributed by atoms with Crippen molar-refractivity contribution in [3.63, 3.8) is 0 Å². The predicted octanol–water partition coefficient (Wildman–Crippen LogP) is 6.72. The number of aryl methyl sites for hydroxylation is 1. The molecule has 0 atom stereocenters. The van der Waals surface area contributed by atoms with Gasteiger partial charge in [-0.1, -0.05) is 77.5 Å². The minimum atomic E-state index is 0.271. The molecule has 0 saturated carbocycles. The van der Waals surface area contributed by atoms with Gasteiger partial charge in [0.2, 0.25) is 5.95 Å². The van der Waals surface area contributed by atoms with E-state index in [0.717, 1.165) is 45.3 Å². The third kappa shape index (κ3) is 4.04. The summed E-state index contributed by atoms with van der Waals surface area (Å²) >= 11 is 3.49. The number of benzene rings is 3. The van der Waals surface area contributed by atoms with Crippen molar-refractivity contribution in [3.05, 3.63) is 101 Å². The fourth-order valence-electron chi connectivity index (χ4n) is 4.03. The Balaban J connectivity index is 1.59. The molecule has 2 N–H and O–H groups in total. The average Bonchev–Trinajstić information content (AvgIpc) is 3.18. The Kier molecular flexibility index (Phi) is 5.50. The van der Waals surface area contributed by atoms with Crippen LogP contribution >= 0.6 is 15.9 Å². The average molecular weight is 483 g/mol. The lowest BCUT2D eigenvalue weighted by atomic mass is 10.1. The van der Waals surface area contributed by atoms with Gasteiger partial charge in [-0.15, -0.1) is 0 Å². The largest absolute Gasteiger partial charge is 0.368 e. The Morgan fingerprint density at radius 2 is 1.53 bits per heavy atom. The van der Waals surface area contributed by atoms with Gasteiger partial charge < -0.3 is 10.3 Å². The second-order valence-electron chi connectivity index (χ2n) is 7.86. The van der Waals surface area contributed by atoms with Crippen molar-refractivity contribution in [3.8, 4) is 22.5 Å². The van der Waals surface area contributed by atoms with Crippen molar-refractivity contribution in [2.45, 2.75) is 19.9 Å². The highest BCUT2D eigenvalue weighted by molar-refractivity contribution is 9.10. The number of aromatic nitrogens is 3. The van der Waals surface area contributed by atoms with Gasteiger partial charge in [-0.2, -0.15) is 0 Å². The molecule has 5 heteroatoms. The normalized spacial score (nSPS) is 11.2. The van der Waals surface area contributed by atoms with Crippen LogP contribution in [-0.2, 0) is 13.0 Å². The van der Waals surface area contributed by atoms with Gasteiger partial charge in [0.05, 0.1) is 11.4 Å². The number of rotatable bonds is 5. The lowest BCUT2D eigenvalue weighted by Gasteiger charge is -2.07. The Morgan fingerprint density at radius 3 is 2.28 bits per heavy atom. The molecule has 4 nitrogen and oxygen atoms in total. The minimum Gasteiger partial charge on any atom is -0.368 e. The van der Waals surface area contributed by atoms with E-state index >= 15 is 0 Å². The predicted molar refractivity (Wildman–Crippen MR) is 135 cm³/mol. The number of hydrogen-bond donors (Lipinski definition) is 1. The zero-order chi connectivity index (χ0) is 22.1. The first-order valence-electron chi connectivity index (χ1n) is 10.7. The monoisotopic (exact) mass is 482 g/mol. The summed E-state index contributed by atoms with van der Waals surface area (Å²) in [6.45, 7) is 2.97. The van der Waals surface area contributed by atoms with Crippen molar-refractivity contribution in [2.75, 3.05) is 5.73 Å². The van der Waals surface area contributed by atoms with Crippen LogP contribution in [0.5, 0.6) is 0 Å². The highest BCUT2D eigenvalue weighted by Gasteiger charge is 2.14. The van der Waals surface area contributed by atoms with Crippen LogP contribution in [0.4, 0.5) is 5.95 Å². The molecule has 0 spiro atoms. The molecule has 3 aromatic carbocycles. The SMILES string of the molecule is CCc1ccc(Cn2cc(-c3cc(-c4ccc(Br)cc4)nc(N)n3)c3ccccc32)cc1. The number of halogens is 1. The maximum absolute atomic E-state index is 6.13. The van der Waals surface area contributed by atoms with Crippen molar-refractivity contribution >= 4 is 32.8 Å². The summed E-state index contributed by atoms with van der Waals surface area (Å²) in [5.74, 6) is 0.271. The molecule has 0 radical (unpaired) electrons. The number of anilines is 1. The summed E-state index contributed by atoms with van der Waals surface area (Å²) in [7, 11) is 0. The summed E-state index contributed by atoms with van der Waals surface area (Å²) < 4.78 is 3.31. The van der Waals surface area contributed by atoms with Gasteiger partial charge >= 0.3 is 0 Å². The Bertz CT molecular complexity index is 1390. The van der Waals surface area contributed by atoms with E-state index in [1.54, 1.807) is 0 Å². The van der Waals surface area contributed by atoms with Crippen LogP contribution in [0.2, 0.25) is 0 Å². The highest BCUT2D eigenvalue weighted by Crippen LogP contribution is 2.32. The van der Waals surface area contributed by atoms with Crippen molar-refractivity contribution in [1.82, 2.24) is 14.5 Å². The molecule has 0 unspecified atom stereocenters. The van der Waals surface area contributed by atoms with Crippen LogP contribution in [-0.4, -0.2) is 14.5 Å². The Hall–Kier alpha value is -3.44. The minimum absolute atomic E-state index is 0.271. The number of nitrogens with two attached hydrogens (primary N) is 1. The first kappa shape index (κ1) is 20.5. The van der Waals surface area contributed by atoms with E-state index in [1.165, 1.54) is 16.6 Å². The second-order valence-corrected chi connectivity index (χ2v) is 8.78. The number of nitrogen functional groups attached to an aromatic ring is 1. The number of nitrogens with zero attached hydrogens (tertiary/aromatic N) is 3. The zero-order valence-corrected chi connectivity index (χ0v) is 19.4. The molecule has 32 heavy (non-hydrogen) atoms. The molecule has 5 aromatic rings. The first-order chi connectivity index (χ1) is 15.6. The summed E-state index contributed by atoms with van der Waals surface area (Å²) in [4.78, 5) is 9.06. The quantitative estimate of drug-likeness (QED) is 0.302. The van der Waals surface area contributed by atoms with Gasteiger partial charge in [-0.05, 0) is 41.8 Å². The van der Waals surface area contributed by atoms with Gasteiger partial charge in [-0.25, -0.2) is 9.97 Å². The fourth-order valence-corrected chi connectivity index (χ4v) is 4.30. The van der Waals surface area contributed by atoms with E-state index in [-0.39, 0.29) is 5.95 Å². The lowest BCUT2D eigenvalue weighted by Crippen LogP contribution is -1.99. The molecule has 0 bridgehead atoms. The van der Waals surface area contributed by atoms with Crippen LogP contribution in [0.15, 0.2) is 89.5 Å². The summed E-state index contributed by atoms with van der Waals surface area (Å²) in [5, 5.41) is 1.15. The molecular formula is C27H23BrN4. The summed E-state index contributed by atoms with van der Waals surface area (Å²) in [5.41, 5.74) is 13.6. The molecule has 158 valence electrons. The maximum Gasteiger partial charge on any atom is 0.221 e. The van der Waals surface area contributed by atoms with E-state index < -0.39 is 0 Å². The highest BCUT2D eigenvalue weighted by atomic mass is 79.9. The molecular weight excluding hydrogens is 460 g/mol. The van der Waals surface area contributed by atoms with Crippen LogP contribution in [0, 0.1) is 0 Å². The van der Waals surface area contributed by atoms with Crippen LogP contribution in [0.1, 0.15) is 18.1 Å². The van der Waals surface area contributed by atoms with E-state index in [9.17, 15) is 0 Å². The Morgan fingerprint density at radius 1 is 0.844 bits per heavy atom. The molecule has 0 saturated heterocycles. The van der Waals surface area contributed by atoms with Crippen LogP contribution < -0.4 is 5.73 Å². The van der Waals surface area contributed by atoms with Gasteiger partial charge in [0.1, 0.15) is 0 Å². The van der Waals surface area contributed by atoms with Crippen LogP contribution in [0.3, 0.4) is 0 Å². The van der Waals surface area contributed by atoms with Gasteiger partial charge in [-0.3, -0.25) is 0 Å². The second kappa shape index (κ2) is 8.60. The maximum atomic E-state index is 6.13. The Labute approximate surface area is 195 Å². The molecule has 0 fully saturated rings. The number of hydrogen-bond acceptors (Lipinski definition) is 3. The van der Waals surface area contributed by atoms with E-state index in [0.29, 0.717) is 0 Å². The van der Waals surface area contributed by atoms with E-state index in [4.69, 9.17) is 5.73 Å². The summed E-state index contributed by atoms with van der Waals surface area (Å²) in [6, 6.07) is 27.3. The molecule has 5 rings (SSSR count). The smallest absolute Gasteiger partial charge is 0.221 e. The standard InChI is InChI=1S/C27H23BrN4/c1-2-18-7-9-19(10-8-18)16-32-17-23(22-5-3-4-6-26(22)32)25-15-24(30-27(29)31-25)20-11-13-21(28)14-12-20/h3-15,17H,2,16H2,1H3,(H2,29,30,31). The van der Waals surface area contributed by atoms with Crippen molar-refractivity contribution in [2.24, 2.45) is 0 Å². The first-order valence-corrected chi connectivity index (χ1v) is 11.5. The molecule has 2 aromatic heterocycles.